The molecule has 0 N–H and O–H groups in total. The highest BCUT2D eigenvalue weighted by atomic mass is 35.5. The van der Waals surface area contributed by atoms with Gasteiger partial charge in [0.05, 0.1) is 12.3 Å². The number of carbonyl (C=O) groups excluding carboxylic acids is 1. The third kappa shape index (κ3) is 4.40. The molecular formula is C26H26ClN3O3. The largest absolute Gasteiger partial charge is 0.619 e. The Balaban J connectivity index is 1.38. The molecule has 1 aromatic carbocycles. The van der Waals surface area contributed by atoms with E-state index in [9.17, 15) is 15.2 Å². The summed E-state index contributed by atoms with van der Waals surface area (Å²) in [5, 5.41) is 25.2. The normalized spacial score (nSPS) is 18.3. The average molecular weight is 464 g/mol. The maximum atomic E-state index is 12.9. The van der Waals surface area contributed by atoms with Crippen LogP contribution in [0.25, 0.3) is 0 Å². The van der Waals surface area contributed by atoms with Gasteiger partial charge in [0.1, 0.15) is 0 Å². The number of pyridine rings is 2. The van der Waals surface area contributed by atoms with Gasteiger partial charge in [-0.05, 0) is 67.0 Å². The molecule has 1 saturated heterocycles. The zero-order chi connectivity index (χ0) is 22.9. The second kappa shape index (κ2) is 9.02. The van der Waals surface area contributed by atoms with E-state index in [0.717, 1.165) is 52.0 Å². The van der Waals surface area contributed by atoms with E-state index in [-0.39, 0.29) is 24.2 Å². The summed E-state index contributed by atoms with van der Waals surface area (Å²) in [6.45, 7) is 1.29. The quantitative estimate of drug-likeness (QED) is 0.441. The first-order valence-electron chi connectivity index (χ1n) is 11.4. The van der Waals surface area contributed by atoms with Gasteiger partial charge < -0.3 is 15.3 Å². The minimum absolute atomic E-state index is 0.0146. The third-order valence-electron chi connectivity index (χ3n) is 7.04. The molecule has 3 heterocycles. The lowest BCUT2D eigenvalue weighted by Gasteiger charge is -2.36. The van der Waals surface area contributed by atoms with E-state index >= 15 is 0 Å². The van der Waals surface area contributed by atoms with Crippen LogP contribution in [0.15, 0.2) is 61.1 Å². The van der Waals surface area contributed by atoms with Crippen molar-refractivity contribution in [3.8, 4) is 0 Å². The number of nitrogens with zero attached hydrogens (tertiary/aromatic N) is 3. The van der Waals surface area contributed by atoms with Gasteiger partial charge in [-0.1, -0.05) is 17.7 Å². The Kier molecular flexibility index (Phi) is 5.94. The molecule has 6 nitrogen and oxygen atoms in total. The molecule has 1 atom stereocenters. The third-order valence-corrected chi connectivity index (χ3v) is 7.27. The van der Waals surface area contributed by atoms with Crippen LogP contribution in [0.1, 0.15) is 46.7 Å². The summed E-state index contributed by atoms with van der Waals surface area (Å²) in [5.41, 5.74) is 5.04. The molecule has 2 aromatic heterocycles. The van der Waals surface area contributed by atoms with Gasteiger partial charge in [-0.3, -0.25) is 4.79 Å². The Morgan fingerprint density at radius 1 is 1.03 bits per heavy atom. The number of halogens is 1. The maximum absolute atomic E-state index is 12.9. The highest BCUT2D eigenvalue weighted by Gasteiger charge is 2.38. The van der Waals surface area contributed by atoms with Crippen molar-refractivity contribution < 1.29 is 14.3 Å². The molecular weight excluding hydrogens is 438 g/mol. The summed E-state index contributed by atoms with van der Waals surface area (Å²) < 4.78 is 1.76. The fourth-order valence-corrected chi connectivity index (χ4v) is 5.65. The molecule has 1 aliphatic heterocycles. The second-order valence-electron chi connectivity index (χ2n) is 9.03. The summed E-state index contributed by atoms with van der Waals surface area (Å²) in [7, 11) is 0. The highest BCUT2D eigenvalue weighted by Crippen LogP contribution is 2.42. The molecule has 7 heteroatoms. The molecule has 1 unspecified atom stereocenters. The number of piperidine rings is 1. The number of carbonyl (C=O) groups is 1. The minimum atomic E-state index is -0.0146. The van der Waals surface area contributed by atoms with Crippen molar-refractivity contribution in [2.45, 2.75) is 38.0 Å². The van der Waals surface area contributed by atoms with E-state index in [1.165, 1.54) is 23.5 Å². The van der Waals surface area contributed by atoms with Crippen LogP contribution in [0.4, 0.5) is 0 Å². The van der Waals surface area contributed by atoms with Gasteiger partial charge in [-0.25, -0.2) is 0 Å². The van der Waals surface area contributed by atoms with Crippen LogP contribution in [0.2, 0.25) is 5.02 Å². The highest BCUT2D eigenvalue weighted by molar-refractivity contribution is 6.30. The van der Waals surface area contributed by atoms with Crippen LogP contribution in [0, 0.1) is 16.3 Å². The summed E-state index contributed by atoms with van der Waals surface area (Å²) in [6, 6.07) is 13.4. The molecule has 0 spiro atoms. The summed E-state index contributed by atoms with van der Waals surface area (Å²) in [4.78, 5) is 14.7. The van der Waals surface area contributed by atoms with Crippen molar-refractivity contribution in [2.75, 3.05) is 13.1 Å². The average Bonchev–Trinajstić information content (AvgIpc) is 2.97. The van der Waals surface area contributed by atoms with Crippen LogP contribution in [-0.2, 0) is 24.1 Å². The zero-order valence-corrected chi connectivity index (χ0v) is 19.1. The first-order chi connectivity index (χ1) is 16.0. The molecule has 1 amide bonds. The SMILES string of the molecule is O=C(Cc1ccc[n+]([O-])c1)N1CCC(C2c3ccc(Cl)cc3CCc3ccc[n+]([O-])c32)CC1. The number of rotatable bonds is 3. The zero-order valence-electron chi connectivity index (χ0n) is 18.3. The number of amides is 1. The van der Waals surface area contributed by atoms with Gasteiger partial charge in [-0.15, -0.1) is 0 Å². The Bertz CT molecular complexity index is 1190. The second-order valence-corrected chi connectivity index (χ2v) is 9.47. The van der Waals surface area contributed by atoms with Gasteiger partial charge in [0.15, 0.2) is 18.6 Å². The molecule has 0 radical (unpaired) electrons. The summed E-state index contributed by atoms with van der Waals surface area (Å²) in [6.07, 6.45) is 8.00. The number of aromatic nitrogens is 2. The summed E-state index contributed by atoms with van der Waals surface area (Å²) in [5.74, 6) is 0.278. The van der Waals surface area contributed by atoms with Crippen molar-refractivity contribution >= 4 is 17.5 Å². The fourth-order valence-electron chi connectivity index (χ4n) is 5.45. The first kappa shape index (κ1) is 21.7. The predicted molar refractivity (Wildman–Crippen MR) is 125 cm³/mol. The van der Waals surface area contributed by atoms with Crippen LogP contribution in [0.5, 0.6) is 0 Å². The van der Waals surface area contributed by atoms with Crippen molar-refractivity contribution in [1.29, 1.82) is 0 Å². The van der Waals surface area contributed by atoms with Gasteiger partial charge >= 0.3 is 0 Å². The smallest absolute Gasteiger partial charge is 0.227 e. The van der Waals surface area contributed by atoms with Gasteiger partial charge in [0.25, 0.3) is 0 Å². The Hall–Kier alpha value is -3.12. The Morgan fingerprint density at radius 3 is 2.58 bits per heavy atom. The van der Waals surface area contributed by atoms with Crippen molar-refractivity contribution in [1.82, 2.24) is 4.90 Å². The number of aryl methyl sites for hydroxylation is 2. The molecule has 170 valence electrons. The first-order valence-corrected chi connectivity index (χ1v) is 11.8. The van der Waals surface area contributed by atoms with Gasteiger partial charge in [0, 0.05) is 41.4 Å². The summed E-state index contributed by atoms with van der Waals surface area (Å²) >= 11 is 6.30. The van der Waals surface area contributed by atoms with E-state index < -0.39 is 0 Å². The van der Waals surface area contributed by atoms with Crippen LogP contribution in [-0.4, -0.2) is 23.9 Å². The predicted octanol–water partition coefficient (Wildman–Crippen LogP) is 3.32. The minimum Gasteiger partial charge on any atom is -0.619 e. The Labute approximate surface area is 198 Å². The Morgan fingerprint density at radius 2 is 1.79 bits per heavy atom. The molecule has 1 fully saturated rings. The number of hydrogen-bond acceptors (Lipinski definition) is 3. The van der Waals surface area contributed by atoms with Crippen molar-refractivity contribution in [2.24, 2.45) is 5.92 Å². The number of fused-ring (bicyclic) bond motifs is 2. The lowest BCUT2D eigenvalue weighted by molar-refractivity contribution is -0.616. The van der Waals surface area contributed by atoms with E-state index in [2.05, 4.69) is 12.1 Å². The number of hydrogen-bond donors (Lipinski definition) is 0. The van der Waals surface area contributed by atoms with Crippen molar-refractivity contribution in [3.05, 3.63) is 104 Å². The lowest BCUT2D eigenvalue weighted by Crippen LogP contribution is -2.43. The van der Waals surface area contributed by atoms with E-state index in [1.807, 2.05) is 23.1 Å². The van der Waals surface area contributed by atoms with E-state index in [0.29, 0.717) is 18.1 Å². The lowest BCUT2D eigenvalue weighted by atomic mass is 9.76. The number of likely N-dealkylation sites (tertiary alicyclic amines) is 1. The molecule has 1 aliphatic carbocycles. The van der Waals surface area contributed by atoms with Crippen LogP contribution >= 0.6 is 11.6 Å². The topological polar surface area (TPSA) is 74.2 Å². The van der Waals surface area contributed by atoms with Gasteiger partial charge in [-0.2, -0.15) is 9.46 Å². The molecule has 0 bridgehead atoms. The fraction of sp³-hybridized carbons (Fsp3) is 0.346. The molecule has 3 aromatic rings. The molecule has 0 saturated carbocycles. The molecule has 33 heavy (non-hydrogen) atoms. The molecule has 5 rings (SSSR count). The van der Waals surface area contributed by atoms with Gasteiger partial charge in [0.2, 0.25) is 11.6 Å². The van der Waals surface area contributed by atoms with Crippen LogP contribution in [0.3, 0.4) is 0 Å². The monoisotopic (exact) mass is 463 g/mol. The molecule has 2 aliphatic rings. The number of benzene rings is 1. The van der Waals surface area contributed by atoms with Crippen LogP contribution < -0.4 is 9.46 Å². The maximum Gasteiger partial charge on any atom is 0.227 e. The standard InChI is InChI=1S/C26H26ClN3O3/c27-22-7-8-23-21(16-22)6-5-20-4-2-12-30(33)26(20)25(23)19-9-13-28(14-10-19)24(31)15-18-3-1-11-29(32)17-18/h1-4,7-8,11-12,16-17,19,25H,5-6,9-10,13-15H2. The van der Waals surface area contributed by atoms with Crippen molar-refractivity contribution in [3.63, 3.8) is 0 Å². The van der Waals surface area contributed by atoms with E-state index in [4.69, 9.17) is 11.6 Å². The van der Waals surface area contributed by atoms with E-state index in [1.54, 1.807) is 18.3 Å².